The number of benzene rings is 3. The van der Waals surface area contributed by atoms with Crippen molar-refractivity contribution in [3.63, 3.8) is 0 Å². The molecule has 4 aromatic rings. The Morgan fingerprint density at radius 3 is 2.29 bits per heavy atom. The summed E-state index contributed by atoms with van der Waals surface area (Å²) in [5, 5.41) is 5.79. The van der Waals surface area contributed by atoms with Crippen LogP contribution in [-0.2, 0) is 19.4 Å². The molecule has 35 heavy (non-hydrogen) atoms. The number of amides is 3. The third-order valence-electron chi connectivity index (χ3n) is 5.93. The zero-order chi connectivity index (χ0) is 24.2. The highest BCUT2D eigenvalue weighted by atomic mass is 32.1. The summed E-state index contributed by atoms with van der Waals surface area (Å²) in [4.78, 5) is 44.3. The molecule has 174 valence electrons. The first kappa shape index (κ1) is 22.7. The number of imide groups is 1. The van der Waals surface area contributed by atoms with E-state index in [-0.39, 0.29) is 29.8 Å². The molecule has 7 heteroatoms. The monoisotopic (exact) mass is 481 g/mol. The summed E-state index contributed by atoms with van der Waals surface area (Å²) in [7, 11) is 0. The van der Waals surface area contributed by atoms with Crippen molar-refractivity contribution in [2.24, 2.45) is 0 Å². The Hall–Kier alpha value is -4.10. The van der Waals surface area contributed by atoms with Crippen LogP contribution in [0, 0.1) is 0 Å². The van der Waals surface area contributed by atoms with E-state index in [1.165, 1.54) is 16.5 Å². The summed E-state index contributed by atoms with van der Waals surface area (Å²) in [5.41, 5.74) is 3.98. The second-order valence-electron chi connectivity index (χ2n) is 8.34. The number of thiazole rings is 1. The minimum Gasteiger partial charge on any atom is -0.346 e. The van der Waals surface area contributed by atoms with Crippen LogP contribution >= 0.6 is 11.3 Å². The molecule has 0 saturated heterocycles. The summed E-state index contributed by atoms with van der Waals surface area (Å²) in [6.07, 6.45) is 1.33. The van der Waals surface area contributed by atoms with Gasteiger partial charge in [0.15, 0.2) is 0 Å². The zero-order valence-electron chi connectivity index (χ0n) is 18.9. The molecule has 2 heterocycles. The minimum atomic E-state index is -0.361. The van der Waals surface area contributed by atoms with Crippen LogP contribution in [-0.4, -0.2) is 34.2 Å². The summed E-state index contributed by atoms with van der Waals surface area (Å²) < 4.78 is 0. The van der Waals surface area contributed by atoms with Gasteiger partial charge in [-0.15, -0.1) is 11.3 Å². The fourth-order valence-electron chi connectivity index (χ4n) is 4.08. The first-order valence-corrected chi connectivity index (χ1v) is 12.3. The number of hydrogen-bond donors (Lipinski definition) is 1. The molecule has 0 unspecified atom stereocenters. The van der Waals surface area contributed by atoms with Crippen molar-refractivity contribution in [1.82, 2.24) is 15.2 Å². The van der Waals surface area contributed by atoms with Gasteiger partial charge in [0, 0.05) is 23.9 Å². The molecule has 6 nitrogen and oxygen atoms in total. The predicted octanol–water partition coefficient (Wildman–Crippen LogP) is 4.50. The topological polar surface area (TPSA) is 79.4 Å². The maximum absolute atomic E-state index is 12.9. The smallest absolute Gasteiger partial charge is 0.261 e. The highest BCUT2D eigenvalue weighted by molar-refractivity contribution is 7.09. The molecule has 1 aliphatic heterocycles. The highest BCUT2D eigenvalue weighted by Crippen LogP contribution is 2.24. The lowest BCUT2D eigenvalue weighted by atomic mass is 10.1. The van der Waals surface area contributed by atoms with Crippen LogP contribution in [0.3, 0.4) is 0 Å². The second kappa shape index (κ2) is 10.0. The average molecular weight is 482 g/mol. The van der Waals surface area contributed by atoms with E-state index in [0.717, 1.165) is 22.7 Å². The van der Waals surface area contributed by atoms with Crippen LogP contribution in [0.25, 0.3) is 0 Å². The summed E-state index contributed by atoms with van der Waals surface area (Å²) in [6.45, 7) is 0.588. The van der Waals surface area contributed by atoms with Gasteiger partial charge in [0.25, 0.3) is 17.7 Å². The normalized spacial score (nSPS) is 12.6. The minimum absolute atomic E-state index is 0.273. The van der Waals surface area contributed by atoms with Gasteiger partial charge in [0.1, 0.15) is 0 Å². The lowest BCUT2D eigenvalue weighted by Crippen LogP contribution is -2.31. The van der Waals surface area contributed by atoms with E-state index >= 15 is 0 Å². The molecule has 0 saturated carbocycles. The Morgan fingerprint density at radius 1 is 0.857 bits per heavy atom. The number of nitrogens with zero attached hydrogens (tertiary/aromatic N) is 2. The Labute approximate surface area is 207 Å². The Kier molecular flexibility index (Phi) is 6.50. The van der Waals surface area contributed by atoms with Gasteiger partial charge in [0.2, 0.25) is 0 Å². The molecule has 3 amide bonds. The Morgan fingerprint density at radius 2 is 1.54 bits per heavy atom. The van der Waals surface area contributed by atoms with Gasteiger partial charge in [0.05, 0.1) is 28.4 Å². The number of hydrogen-bond acceptors (Lipinski definition) is 5. The van der Waals surface area contributed by atoms with Gasteiger partial charge in [-0.25, -0.2) is 4.98 Å². The maximum Gasteiger partial charge on any atom is 0.261 e. The van der Waals surface area contributed by atoms with Crippen molar-refractivity contribution >= 4 is 29.1 Å². The SMILES string of the molecule is O=C(NCc1csc(Cc2ccccc2)n1)c1ccc2c(c1)C(=O)N(CCc1ccccc1)C2=O. The van der Waals surface area contributed by atoms with Crippen molar-refractivity contribution in [3.05, 3.63) is 123 Å². The molecule has 0 radical (unpaired) electrons. The number of rotatable bonds is 8. The first-order valence-electron chi connectivity index (χ1n) is 11.4. The average Bonchev–Trinajstić information content (AvgIpc) is 3.44. The molecular formula is C28H23N3O3S. The van der Waals surface area contributed by atoms with Crippen LogP contribution in [0.2, 0.25) is 0 Å². The standard InChI is InChI=1S/C28H23N3O3S/c32-26(29-17-22-18-35-25(30-22)15-20-9-5-2-6-10-20)21-11-12-23-24(16-21)28(34)31(27(23)33)14-13-19-7-3-1-4-8-19/h1-12,16,18H,13-15,17H2,(H,29,32). The van der Waals surface area contributed by atoms with Crippen LogP contribution in [0.5, 0.6) is 0 Å². The highest BCUT2D eigenvalue weighted by Gasteiger charge is 2.35. The molecule has 0 fully saturated rings. The van der Waals surface area contributed by atoms with Crippen LogP contribution in [0.4, 0.5) is 0 Å². The van der Waals surface area contributed by atoms with Gasteiger partial charge in [-0.3, -0.25) is 19.3 Å². The largest absolute Gasteiger partial charge is 0.346 e. The second-order valence-corrected chi connectivity index (χ2v) is 9.28. The first-order chi connectivity index (χ1) is 17.1. The molecule has 1 N–H and O–H groups in total. The van der Waals surface area contributed by atoms with Gasteiger partial charge in [-0.1, -0.05) is 60.7 Å². The van der Waals surface area contributed by atoms with E-state index < -0.39 is 0 Å². The molecule has 3 aromatic carbocycles. The molecular weight excluding hydrogens is 458 g/mol. The maximum atomic E-state index is 12.9. The molecule has 1 aromatic heterocycles. The van der Waals surface area contributed by atoms with Crippen molar-refractivity contribution in [1.29, 1.82) is 0 Å². The lowest BCUT2D eigenvalue weighted by molar-refractivity contribution is 0.0656. The lowest BCUT2D eigenvalue weighted by Gasteiger charge is -2.13. The predicted molar refractivity (Wildman–Crippen MR) is 134 cm³/mol. The van der Waals surface area contributed by atoms with Crippen LogP contribution in [0.15, 0.2) is 84.2 Å². The Balaban J connectivity index is 1.21. The third kappa shape index (κ3) is 5.05. The molecule has 0 spiro atoms. The number of nitrogens with one attached hydrogen (secondary N) is 1. The van der Waals surface area contributed by atoms with E-state index in [4.69, 9.17) is 0 Å². The molecule has 0 aliphatic carbocycles. The molecule has 0 bridgehead atoms. The summed E-state index contributed by atoms with van der Waals surface area (Å²) >= 11 is 1.56. The number of fused-ring (bicyclic) bond motifs is 1. The third-order valence-corrected chi connectivity index (χ3v) is 6.82. The fraction of sp³-hybridized carbons (Fsp3) is 0.143. The van der Waals surface area contributed by atoms with E-state index in [2.05, 4.69) is 22.4 Å². The summed E-state index contributed by atoms with van der Waals surface area (Å²) in [5.74, 6) is -0.990. The van der Waals surface area contributed by atoms with Gasteiger partial charge in [-0.2, -0.15) is 0 Å². The Bertz CT molecular complexity index is 1380. The quantitative estimate of drug-likeness (QED) is 0.376. The molecule has 5 rings (SSSR count). The van der Waals surface area contributed by atoms with Gasteiger partial charge in [-0.05, 0) is 35.7 Å². The van der Waals surface area contributed by atoms with Crippen molar-refractivity contribution in [2.45, 2.75) is 19.4 Å². The van der Waals surface area contributed by atoms with E-state index in [0.29, 0.717) is 24.1 Å². The number of aromatic nitrogens is 1. The van der Waals surface area contributed by atoms with Crippen LogP contribution in [0.1, 0.15) is 52.9 Å². The summed E-state index contributed by atoms with van der Waals surface area (Å²) in [6, 6.07) is 24.5. The van der Waals surface area contributed by atoms with Crippen molar-refractivity contribution in [3.8, 4) is 0 Å². The molecule has 0 atom stereocenters. The number of carbonyl (C=O) groups excluding carboxylic acids is 3. The van der Waals surface area contributed by atoms with Gasteiger partial charge >= 0.3 is 0 Å². The fourth-order valence-corrected chi connectivity index (χ4v) is 4.90. The van der Waals surface area contributed by atoms with E-state index in [1.54, 1.807) is 23.5 Å². The van der Waals surface area contributed by atoms with E-state index in [1.807, 2.05) is 53.9 Å². The zero-order valence-corrected chi connectivity index (χ0v) is 19.8. The number of carbonyl (C=O) groups is 3. The van der Waals surface area contributed by atoms with Crippen LogP contribution < -0.4 is 5.32 Å². The van der Waals surface area contributed by atoms with Gasteiger partial charge < -0.3 is 5.32 Å². The molecule has 1 aliphatic rings. The van der Waals surface area contributed by atoms with Crippen molar-refractivity contribution < 1.29 is 14.4 Å². The van der Waals surface area contributed by atoms with E-state index in [9.17, 15) is 14.4 Å². The van der Waals surface area contributed by atoms with Crippen molar-refractivity contribution in [2.75, 3.05) is 6.54 Å².